The molecule has 1 N–H and O–H groups in total. The van der Waals surface area contributed by atoms with E-state index in [4.69, 9.17) is 16.3 Å². The van der Waals surface area contributed by atoms with Crippen LogP contribution in [0.25, 0.3) is 0 Å². The molecule has 4 rings (SSSR count). The van der Waals surface area contributed by atoms with Crippen LogP contribution in [0.2, 0.25) is 5.02 Å². The van der Waals surface area contributed by atoms with Crippen molar-refractivity contribution in [2.45, 2.75) is 38.7 Å². The van der Waals surface area contributed by atoms with E-state index in [-0.39, 0.29) is 12.4 Å². The highest BCUT2D eigenvalue weighted by atomic mass is 35.5. The number of rotatable bonds is 4. The van der Waals surface area contributed by atoms with Crippen LogP contribution in [0.1, 0.15) is 43.2 Å². The fraction of sp³-hybridized carbons (Fsp3) is 0.261. The van der Waals surface area contributed by atoms with Crippen LogP contribution in [-0.2, 0) is 20.9 Å². The highest BCUT2D eigenvalue weighted by molar-refractivity contribution is 6.30. The number of hydrogen-bond donors (Lipinski definition) is 1. The van der Waals surface area contributed by atoms with Crippen molar-refractivity contribution in [3.05, 3.63) is 87.5 Å². The monoisotopic (exact) mass is 408 g/mol. The zero-order chi connectivity index (χ0) is 20.4. The van der Waals surface area contributed by atoms with E-state index in [1.807, 2.05) is 25.1 Å². The maximum atomic E-state index is 13.1. The molecular formula is C23H21ClN2O3. The van der Waals surface area contributed by atoms with Gasteiger partial charge in [0.1, 0.15) is 6.61 Å². The van der Waals surface area contributed by atoms with Crippen molar-refractivity contribution in [1.29, 1.82) is 0 Å². The van der Waals surface area contributed by atoms with Gasteiger partial charge in [0.05, 0.1) is 5.57 Å². The smallest absolute Gasteiger partial charge is 0.337 e. The maximum Gasteiger partial charge on any atom is 0.337 e. The maximum absolute atomic E-state index is 13.1. The zero-order valence-corrected chi connectivity index (χ0v) is 16.8. The first kappa shape index (κ1) is 19.4. The van der Waals surface area contributed by atoms with Crippen molar-refractivity contribution in [2.75, 3.05) is 0 Å². The SMILES string of the molecule is CC1=C(C(=O)OCc2cccnc2)C(c2ccc(Cl)cc2)C2=C(CCCC2=O)N1. The number of dihydropyridines is 1. The molecule has 1 unspecified atom stereocenters. The van der Waals surface area contributed by atoms with Gasteiger partial charge in [-0.05, 0) is 43.5 Å². The summed E-state index contributed by atoms with van der Waals surface area (Å²) in [6.45, 7) is 1.98. The van der Waals surface area contributed by atoms with Gasteiger partial charge in [0.15, 0.2) is 5.78 Å². The third-order valence-corrected chi connectivity index (χ3v) is 5.54. The van der Waals surface area contributed by atoms with Gasteiger partial charge >= 0.3 is 5.97 Å². The Morgan fingerprint density at radius 3 is 2.76 bits per heavy atom. The Labute approximate surface area is 174 Å². The molecule has 29 heavy (non-hydrogen) atoms. The molecule has 0 bridgehead atoms. The molecule has 0 radical (unpaired) electrons. The Bertz CT molecular complexity index is 1010. The third kappa shape index (κ3) is 3.96. The lowest BCUT2D eigenvalue weighted by Crippen LogP contribution is -2.34. The van der Waals surface area contributed by atoms with Crippen molar-refractivity contribution in [3.8, 4) is 0 Å². The average Bonchev–Trinajstić information content (AvgIpc) is 2.72. The Morgan fingerprint density at radius 2 is 2.03 bits per heavy atom. The Hall–Kier alpha value is -2.92. The standard InChI is InChI=1S/C23H21ClN2O3/c1-14-20(23(28)29-13-15-4-3-11-25-12-15)21(16-7-9-17(24)10-8-16)22-18(26-14)5-2-6-19(22)27/h3-4,7-12,21,26H,2,5-6,13H2,1H3. The molecule has 5 nitrogen and oxygen atoms in total. The number of nitrogens with one attached hydrogen (secondary N) is 1. The van der Waals surface area contributed by atoms with Gasteiger partial charge in [0, 0.05) is 52.3 Å². The van der Waals surface area contributed by atoms with Gasteiger partial charge in [-0.1, -0.05) is 29.8 Å². The van der Waals surface area contributed by atoms with Crippen LogP contribution in [0, 0.1) is 0 Å². The molecule has 1 aromatic carbocycles. The third-order valence-electron chi connectivity index (χ3n) is 5.29. The molecular weight excluding hydrogens is 388 g/mol. The van der Waals surface area contributed by atoms with Crippen LogP contribution in [0.5, 0.6) is 0 Å². The number of carbonyl (C=O) groups is 2. The molecule has 1 aromatic heterocycles. The molecule has 2 aromatic rings. The van der Waals surface area contributed by atoms with E-state index >= 15 is 0 Å². The first-order chi connectivity index (χ1) is 14.0. The minimum Gasteiger partial charge on any atom is -0.457 e. The number of pyridine rings is 1. The second-order valence-corrected chi connectivity index (χ2v) is 7.69. The van der Waals surface area contributed by atoms with Gasteiger partial charge in [0.25, 0.3) is 0 Å². The number of allylic oxidation sites excluding steroid dienone is 3. The number of nitrogens with zero attached hydrogens (tertiary/aromatic N) is 1. The fourth-order valence-corrected chi connectivity index (χ4v) is 4.08. The van der Waals surface area contributed by atoms with Gasteiger partial charge in [-0.3, -0.25) is 9.78 Å². The molecule has 2 aliphatic rings. The molecule has 1 aliphatic heterocycles. The summed E-state index contributed by atoms with van der Waals surface area (Å²) in [5.41, 5.74) is 4.41. The number of halogens is 1. The molecule has 1 atom stereocenters. The minimum absolute atomic E-state index is 0.0729. The Morgan fingerprint density at radius 1 is 1.24 bits per heavy atom. The Balaban J connectivity index is 1.70. The number of aromatic nitrogens is 1. The predicted molar refractivity (Wildman–Crippen MR) is 110 cm³/mol. The second-order valence-electron chi connectivity index (χ2n) is 7.25. The van der Waals surface area contributed by atoms with E-state index in [0.717, 1.165) is 35.4 Å². The van der Waals surface area contributed by atoms with Crippen molar-refractivity contribution in [1.82, 2.24) is 10.3 Å². The van der Waals surface area contributed by atoms with Gasteiger partial charge in [-0.25, -0.2) is 4.79 Å². The minimum atomic E-state index is -0.460. The number of Topliss-reactive ketones (excluding diaryl/α,β-unsaturated/α-hetero) is 1. The van der Waals surface area contributed by atoms with Gasteiger partial charge < -0.3 is 10.1 Å². The van der Waals surface area contributed by atoms with Crippen molar-refractivity contribution in [3.63, 3.8) is 0 Å². The normalized spacial score (nSPS) is 19.0. The van der Waals surface area contributed by atoms with Gasteiger partial charge in [-0.15, -0.1) is 0 Å². The van der Waals surface area contributed by atoms with E-state index in [1.54, 1.807) is 30.6 Å². The molecule has 1 aliphatic carbocycles. The first-order valence-corrected chi connectivity index (χ1v) is 9.98. The number of hydrogen-bond acceptors (Lipinski definition) is 5. The molecule has 0 saturated heterocycles. The van der Waals surface area contributed by atoms with Gasteiger partial charge in [-0.2, -0.15) is 0 Å². The van der Waals surface area contributed by atoms with Crippen LogP contribution < -0.4 is 5.32 Å². The summed E-state index contributed by atoms with van der Waals surface area (Å²) in [6.07, 6.45) is 5.42. The number of benzene rings is 1. The number of carbonyl (C=O) groups excluding carboxylic acids is 2. The summed E-state index contributed by atoms with van der Waals surface area (Å²) >= 11 is 6.06. The van der Waals surface area contributed by atoms with Crippen LogP contribution in [0.4, 0.5) is 0 Å². The van der Waals surface area contributed by atoms with E-state index in [0.29, 0.717) is 22.6 Å². The van der Waals surface area contributed by atoms with Crippen LogP contribution in [-0.4, -0.2) is 16.7 Å². The molecule has 0 amide bonds. The van der Waals surface area contributed by atoms with Crippen LogP contribution >= 0.6 is 11.6 Å². The summed E-state index contributed by atoms with van der Waals surface area (Å²) < 4.78 is 5.59. The highest BCUT2D eigenvalue weighted by Crippen LogP contribution is 2.42. The number of esters is 1. The summed E-state index contributed by atoms with van der Waals surface area (Å²) in [4.78, 5) is 30.0. The summed E-state index contributed by atoms with van der Waals surface area (Å²) in [5, 5.41) is 3.89. The first-order valence-electron chi connectivity index (χ1n) is 9.60. The lowest BCUT2D eigenvalue weighted by molar-refractivity contribution is -0.140. The highest BCUT2D eigenvalue weighted by Gasteiger charge is 2.39. The van der Waals surface area contributed by atoms with Crippen molar-refractivity contribution < 1.29 is 14.3 Å². The van der Waals surface area contributed by atoms with E-state index < -0.39 is 11.9 Å². The molecule has 0 spiro atoms. The predicted octanol–water partition coefficient (Wildman–Crippen LogP) is 4.45. The molecule has 148 valence electrons. The molecule has 0 fully saturated rings. The molecule has 6 heteroatoms. The molecule has 2 heterocycles. The van der Waals surface area contributed by atoms with Crippen molar-refractivity contribution >= 4 is 23.4 Å². The lowest BCUT2D eigenvalue weighted by atomic mass is 9.75. The fourth-order valence-electron chi connectivity index (χ4n) is 3.95. The van der Waals surface area contributed by atoms with E-state index in [2.05, 4.69) is 10.3 Å². The molecule has 0 saturated carbocycles. The van der Waals surface area contributed by atoms with Crippen molar-refractivity contribution in [2.24, 2.45) is 0 Å². The number of ketones is 1. The second kappa shape index (κ2) is 8.21. The summed E-state index contributed by atoms with van der Waals surface area (Å²) in [6, 6.07) is 10.9. The summed E-state index contributed by atoms with van der Waals surface area (Å²) in [5.74, 6) is -0.829. The largest absolute Gasteiger partial charge is 0.457 e. The van der Waals surface area contributed by atoms with E-state index in [1.165, 1.54) is 0 Å². The topological polar surface area (TPSA) is 68.3 Å². The zero-order valence-electron chi connectivity index (χ0n) is 16.1. The van der Waals surface area contributed by atoms with E-state index in [9.17, 15) is 9.59 Å². The quantitative estimate of drug-likeness (QED) is 0.757. The Kier molecular flexibility index (Phi) is 5.49. The lowest BCUT2D eigenvalue weighted by Gasteiger charge is -2.34. The summed E-state index contributed by atoms with van der Waals surface area (Å²) in [7, 11) is 0. The van der Waals surface area contributed by atoms with Crippen LogP contribution in [0.3, 0.4) is 0 Å². The average molecular weight is 409 g/mol. The number of ether oxygens (including phenoxy) is 1. The van der Waals surface area contributed by atoms with Crippen LogP contribution in [0.15, 0.2) is 71.3 Å². The van der Waals surface area contributed by atoms with Gasteiger partial charge in [0.2, 0.25) is 0 Å².